The molecule has 1 aromatic carbocycles. The van der Waals surface area contributed by atoms with Crippen LogP contribution in [0.2, 0.25) is 5.02 Å². The molecule has 0 aliphatic carbocycles. The first-order valence-electron chi connectivity index (χ1n) is 3.89. The van der Waals surface area contributed by atoms with Gasteiger partial charge in [0, 0.05) is 17.7 Å². The molecule has 1 aromatic rings. The van der Waals surface area contributed by atoms with Crippen LogP contribution in [-0.2, 0) is 6.42 Å². The van der Waals surface area contributed by atoms with Crippen LogP contribution in [0.4, 0.5) is 11.4 Å². The van der Waals surface area contributed by atoms with Crippen LogP contribution in [0.25, 0.3) is 0 Å². The maximum Gasteiger partial charge on any atom is 0.292 e. The topological polar surface area (TPSA) is 124 Å². The van der Waals surface area contributed by atoms with Gasteiger partial charge in [0.25, 0.3) is 5.69 Å². The molecule has 0 amide bonds. The fraction of sp³-hybridized carbons (Fsp3) is 0.250. The van der Waals surface area contributed by atoms with Gasteiger partial charge in [0.05, 0.1) is 4.92 Å². The van der Waals surface area contributed by atoms with Crippen molar-refractivity contribution >= 4 is 23.0 Å². The summed E-state index contributed by atoms with van der Waals surface area (Å²) in [7, 11) is 0. The molecule has 84 valence electrons. The maximum absolute atomic E-state index is 10.5. The van der Waals surface area contributed by atoms with E-state index in [-0.39, 0.29) is 30.6 Å². The Morgan fingerprint density at radius 3 is 2.60 bits per heavy atom. The van der Waals surface area contributed by atoms with Crippen molar-refractivity contribution in [2.45, 2.75) is 6.42 Å². The number of hydrogen-bond donors (Lipinski definition) is 3. The van der Waals surface area contributed by atoms with Gasteiger partial charge in [-0.1, -0.05) is 11.6 Å². The lowest BCUT2D eigenvalue weighted by molar-refractivity contribution is -0.384. The Morgan fingerprint density at radius 1 is 1.53 bits per heavy atom. The fourth-order valence-corrected chi connectivity index (χ4v) is 1.36. The van der Waals surface area contributed by atoms with E-state index >= 15 is 0 Å². The summed E-state index contributed by atoms with van der Waals surface area (Å²) in [4.78, 5) is 9.93. The Hall–Kier alpha value is -1.37. The molecule has 0 aliphatic heterocycles. The van der Waals surface area contributed by atoms with E-state index in [4.69, 9.17) is 22.4 Å². The Kier molecular flexibility index (Phi) is 4.99. The van der Waals surface area contributed by atoms with E-state index in [1.54, 1.807) is 0 Å². The van der Waals surface area contributed by atoms with Crippen LogP contribution in [0.3, 0.4) is 0 Å². The van der Waals surface area contributed by atoms with Crippen LogP contribution in [0.5, 0.6) is 0 Å². The van der Waals surface area contributed by atoms with Gasteiger partial charge in [-0.25, -0.2) is 0 Å². The Balaban J connectivity index is 0.00000196. The molecule has 0 fully saturated rings. The predicted molar refractivity (Wildman–Crippen MR) is 58.3 cm³/mol. The minimum atomic E-state index is -0.577. The van der Waals surface area contributed by atoms with Crippen molar-refractivity contribution in [1.82, 2.24) is 6.15 Å². The van der Waals surface area contributed by atoms with Gasteiger partial charge in [-0.05, 0) is 18.1 Å². The SMILES string of the molecule is N.Nc1cc(Cl)c(CCO)cc1[N+](=O)[O-]. The Labute approximate surface area is 91.4 Å². The third-order valence-electron chi connectivity index (χ3n) is 1.77. The van der Waals surface area contributed by atoms with Crippen molar-refractivity contribution in [2.75, 3.05) is 12.3 Å². The van der Waals surface area contributed by atoms with Gasteiger partial charge in [-0.2, -0.15) is 0 Å². The van der Waals surface area contributed by atoms with E-state index in [2.05, 4.69) is 0 Å². The van der Waals surface area contributed by atoms with Crippen molar-refractivity contribution in [3.63, 3.8) is 0 Å². The average molecular weight is 234 g/mol. The molecule has 0 aliphatic rings. The molecule has 6 nitrogen and oxygen atoms in total. The van der Waals surface area contributed by atoms with Gasteiger partial charge in [0.2, 0.25) is 0 Å². The van der Waals surface area contributed by atoms with Crippen LogP contribution in [-0.4, -0.2) is 16.6 Å². The summed E-state index contributed by atoms with van der Waals surface area (Å²) in [5, 5.41) is 19.5. The summed E-state index contributed by atoms with van der Waals surface area (Å²) in [6.45, 7) is -0.110. The molecule has 0 heterocycles. The number of aliphatic hydroxyl groups excluding tert-OH is 1. The summed E-state index contributed by atoms with van der Waals surface area (Å²) in [5.74, 6) is 0. The minimum Gasteiger partial charge on any atom is -0.396 e. The van der Waals surface area contributed by atoms with E-state index in [9.17, 15) is 10.1 Å². The Morgan fingerprint density at radius 2 is 2.13 bits per heavy atom. The third-order valence-corrected chi connectivity index (χ3v) is 2.13. The number of benzene rings is 1. The number of halogens is 1. The van der Waals surface area contributed by atoms with Crippen LogP contribution in [0.15, 0.2) is 12.1 Å². The largest absolute Gasteiger partial charge is 0.396 e. The molecule has 15 heavy (non-hydrogen) atoms. The van der Waals surface area contributed by atoms with Gasteiger partial charge in [0.15, 0.2) is 0 Å². The molecular formula is C8H12ClN3O3. The number of hydrogen-bond acceptors (Lipinski definition) is 5. The van der Waals surface area contributed by atoms with Crippen molar-refractivity contribution in [2.24, 2.45) is 0 Å². The lowest BCUT2D eigenvalue weighted by Crippen LogP contribution is -1.99. The van der Waals surface area contributed by atoms with Crippen LogP contribution in [0, 0.1) is 10.1 Å². The predicted octanol–water partition coefficient (Wildman–Crippen LogP) is 1.53. The molecule has 0 radical (unpaired) electrons. The van der Waals surface area contributed by atoms with Gasteiger partial charge in [-0.3, -0.25) is 10.1 Å². The molecule has 0 saturated heterocycles. The molecule has 1 rings (SSSR count). The number of aliphatic hydroxyl groups is 1. The molecule has 0 aromatic heterocycles. The van der Waals surface area contributed by atoms with E-state index in [0.717, 1.165) is 0 Å². The molecular weight excluding hydrogens is 222 g/mol. The molecule has 7 heteroatoms. The second-order valence-electron chi connectivity index (χ2n) is 2.73. The van der Waals surface area contributed by atoms with Gasteiger partial charge in [-0.15, -0.1) is 0 Å². The highest BCUT2D eigenvalue weighted by Crippen LogP contribution is 2.28. The van der Waals surface area contributed by atoms with Crippen LogP contribution in [0.1, 0.15) is 5.56 Å². The average Bonchev–Trinajstić information content (AvgIpc) is 2.09. The van der Waals surface area contributed by atoms with Crippen molar-refractivity contribution in [1.29, 1.82) is 0 Å². The molecule has 0 spiro atoms. The number of anilines is 1. The first-order valence-corrected chi connectivity index (χ1v) is 4.27. The van der Waals surface area contributed by atoms with Gasteiger partial charge in [0.1, 0.15) is 5.69 Å². The number of rotatable bonds is 3. The zero-order valence-electron chi connectivity index (χ0n) is 7.94. The van der Waals surface area contributed by atoms with E-state index < -0.39 is 4.92 Å². The van der Waals surface area contributed by atoms with E-state index in [1.165, 1.54) is 12.1 Å². The smallest absolute Gasteiger partial charge is 0.292 e. The molecule has 0 unspecified atom stereocenters. The number of nitro groups is 1. The van der Waals surface area contributed by atoms with Crippen molar-refractivity contribution < 1.29 is 10.0 Å². The first-order chi connectivity index (χ1) is 6.56. The highest BCUT2D eigenvalue weighted by molar-refractivity contribution is 6.31. The zero-order valence-corrected chi connectivity index (χ0v) is 8.70. The number of nitro benzene ring substituents is 1. The second kappa shape index (κ2) is 5.50. The number of nitrogens with two attached hydrogens (primary N) is 1. The Bertz CT molecular complexity index is 370. The standard InChI is InChI=1S/C8H9ClN2O3.H3N/c9-6-4-7(10)8(11(13)14)3-5(6)1-2-12;/h3-4,12H,1-2,10H2;1H3. The van der Waals surface area contributed by atoms with Gasteiger partial charge < -0.3 is 17.0 Å². The lowest BCUT2D eigenvalue weighted by atomic mass is 10.1. The number of nitrogens with zero attached hydrogens (tertiary/aromatic N) is 1. The quantitative estimate of drug-likeness (QED) is 0.415. The highest BCUT2D eigenvalue weighted by atomic mass is 35.5. The van der Waals surface area contributed by atoms with Crippen LogP contribution >= 0.6 is 11.6 Å². The molecule has 0 saturated carbocycles. The molecule has 6 N–H and O–H groups in total. The van der Waals surface area contributed by atoms with E-state index in [1.807, 2.05) is 0 Å². The second-order valence-corrected chi connectivity index (χ2v) is 3.14. The summed E-state index contributed by atoms with van der Waals surface area (Å²) < 4.78 is 0. The normalized spacial score (nSPS) is 9.47. The minimum absolute atomic E-state index is 0. The van der Waals surface area contributed by atoms with Crippen molar-refractivity contribution in [3.8, 4) is 0 Å². The summed E-state index contributed by atoms with van der Waals surface area (Å²) in [5.41, 5.74) is 5.77. The summed E-state index contributed by atoms with van der Waals surface area (Å²) in [6, 6.07) is 2.61. The van der Waals surface area contributed by atoms with Crippen LogP contribution < -0.4 is 11.9 Å². The molecule has 0 atom stereocenters. The van der Waals surface area contributed by atoms with Crippen molar-refractivity contribution in [3.05, 3.63) is 32.8 Å². The highest BCUT2D eigenvalue weighted by Gasteiger charge is 2.14. The number of nitrogen functional groups attached to an aromatic ring is 1. The summed E-state index contributed by atoms with van der Waals surface area (Å²) in [6.07, 6.45) is 0.278. The maximum atomic E-state index is 10.5. The van der Waals surface area contributed by atoms with E-state index in [0.29, 0.717) is 10.6 Å². The summed E-state index contributed by atoms with van der Waals surface area (Å²) >= 11 is 5.77. The zero-order chi connectivity index (χ0) is 10.7. The molecule has 0 bridgehead atoms. The first kappa shape index (κ1) is 13.6. The lowest BCUT2D eigenvalue weighted by Gasteiger charge is -2.04. The third kappa shape index (κ3) is 3.05. The van der Waals surface area contributed by atoms with Gasteiger partial charge >= 0.3 is 0 Å². The fourth-order valence-electron chi connectivity index (χ4n) is 1.09. The monoisotopic (exact) mass is 233 g/mol.